The second-order valence-electron chi connectivity index (χ2n) is 6.09. The van der Waals surface area contributed by atoms with Crippen molar-refractivity contribution in [2.24, 2.45) is 0 Å². The fourth-order valence-corrected chi connectivity index (χ4v) is 1.62. The summed E-state index contributed by atoms with van der Waals surface area (Å²) < 4.78 is 0. The maximum atomic E-state index is 8.59. The van der Waals surface area contributed by atoms with Gasteiger partial charge in [-0.2, -0.15) is 0 Å². The van der Waals surface area contributed by atoms with Gasteiger partial charge >= 0.3 is 0 Å². The predicted octanol–water partition coefficient (Wildman–Crippen LogP) is 5.34. The molecule has 0 aliphatic carbocycles. The highest BCUT2D eigenvalue weighted by molar-refractivity contribution is 5.04. The summed E-state index contributed by atoms with van der Waals surface area (Å²) in [6.07, 6.45) is 12.4. The normalized spacial score (nSPS) is 11.5. The molecular formula is C20H36O2. The van der Waals surface area contributed by atoms with Crippen molar-refractivity contribution >= 4 is 0 Å². The van der Waals surface area contributed by atoms with Gasteiger partial charge < -0.3 is 10.2 Å². The minimum atomic E-state index is 0.167. The summed E-state index contributed by atoms with van der Waals surface area (Å²) in [5.41, 5.74) is 5.25. The van der Waals surface area contributed by atoms with Crippen LogP contribution in [0.15, 0.2) is 46.6 Å². The number of aliphatic hydroxyl groups excluding tert-OH is 2. The monoisotopic (exact) mass is 308 g/mol. The van der Waals surface area contributed by atoms with Crippen molar-refractivity contribution in [2.45, 2.75) is 67.2 Å². The number of allylic oxidation sites excluding steroid dienone is 6. The molecule has 0 saturated heterocycles. The van der Waals surface area contributed by atoms with Gasteiger partial charge in [0.2, 0.25) is 0 Å². The van der Waals surface area contributed by atoms with E-state index in [2.05, 4.69) is 59.8 Å². The van der Waals surface area contributed by atoms with E-state index < -0.39 is 0 Å². The summed E-state index contributed by atoms with van der Waals surface area (Å²) in [7, 11) is 0. The first-order chi connectivity index (χ1) is 10.3. The van der Waals surface area contributed by atoms with E-state index in [1.807, 2.05) is 6.08 Å². The van der Waals surface area contributed by atoms with E-state index in [1.165, 1.54) is 22.3 Å². The lowest BCUT2D eigenvalue weighted by Gasteiger charge is -1.96. The van der Waals surface area contributed by atoms with E-state index in [4.69, 9.17) is 10.2 Å². The third kappa shape index (κ3) is 21.2. The van der Waals surface area contributed by atoms with E-state index >= 15 is 0 Å². The molecule has 2 N–H and O–H groups in total. The Hall–Kier alpha value is -1.12. The van der Waals surface area contributed by atoms with Gasteiger partial charge in [-0.05, 0) is 67.2 Å². The average molecular weight is 309 g/mol. The first-order valence-electron chi connectivity index (χ1n) is 8.13. The SMILES string of the molecule is CC(C)=CCC/C(C)=C\CO.CC(C)=CCC=C(C)CCO. The number of hydrogen-bond acceptors (Lipinski definition) is 2. The van der Waals surface area contributed by atoms with Gasteiger partial charge in [0, 0.05) is 6.61 Å². The van der Waals surface area contributed by atoms with Crippen LogP contribution in [0.5, 0.6) is 0 Å². The van der Waals surface area contributed by atoms with Gasteiger partial charge in [0.15, 0.2) is 0 Å². The van der Waals surface area contributed by atoms with Crippen LogP contribution in [0.2, 0.25) is 0 Å². The molecule has 0 unspecified atom stereocenters. The molecule has 2 nitrogen and oxygen atoms in total. The van der Waals surface area contributed by atoms with E-state index in [1.54, 1.807) is 0 Å². The lowest BCUT2D eigenvalue weighted by atomic mass is 10.1. The third-order valence-corrected chi connectivity index (χ3v) is 3.03. The standard InChI is InChI=1S/2C10H18O/c2*1-9(2)5-4-6-10(3)7-8-11/h5,7,11H,4,6,8H2,1-3H3;5-6,11H,4,7-8H2,1-3H3/b10-7-;. The molecule has 0 aliphatic rings. The predicted molar refractivity (Wildman–Crippen MR) is 99.0 cm³/mol. The molecule has 0 fully saturated rings. The zero-order chi connectivity index (χ0) is 17.4. The number of aliphatic hydroxyl groups is 2. The molecule has 0 aliphatic heterocycles. The molecule has 0 spiro atoms. The molecule has 0 aromatic carbocycles. The highest BCUT2D eigenvalue weighted by Gasteiger charge is 1.87. The second-order valence-corrected chi connectivity index (χ2v) is 6.09. The molecule has 0 amide bonds. The van der Waals surface area contributed by atoms with Crippen LogP contribution in [0.3, 0.4) is 0 Å². The van der Waals surface area contributed by atoms with Gasteiger partial charge in [-0.25, -0.2) is 0 Å². The van der Waals surface area contributed by atoms with Crippen LogP contribution in [0.1, 0.15) is 67.2 Å². The van der Waals surface area contributed by atoms with Crippen LogP contribution in [0.4, 0.5) is 0 Å². The number of rotatable bonds is 8. The van der Waals surface area contributed by atoms with Gasteiger partial charge in [0.05, 0.1) is 6.61 Å². The van der Waals surface area contributed by atoms with Crippen LogP contribution in [0, 0.1) is 0 Å². The molecule has 0 saturated carbocycles. The topological polar surface area (TPSA) is 40.5 Å². The Labute approximate surface area is 138 Å². The van der Waals surface area contributed by atoms with Gasteiger partial charge in [-0.15, -0.1) is 0 Å². The summed E-state index contributed by atoms with van der Waals surface area (Å²) in [5, 5.41) is 17.1. The Morgan fingerprint density at radius 2 is 1.23 bits per heavy atom. The molecule has 0 bridgehead atoms. The number of hydrogen-bond donors (Lipinski definition) is 2. The molecule has 0 heterocycles. The van der Waals surface area contributed by atoms with Crippen LogP contribution in [-0.4, -0.2) is 23.4 Å². The van der Waals surface area contributed by atoms with Crippen LogP contribution >= 0.6 is 0 Å². The third-order valence-electron chi connectivity index (χ3n) is 3.03. The Morgan fingerprint density at radius 1 is 0.682 bits per heavy atom. The van der Waals surface area contributed by atoms with E-state index in [0.717, 1.165) is 25.7 Å². The quantitative estimate of drug-likeness (QED) is 0.594. The molecule has 128 valence electrons. The Bertz CT molecular complexity index is 377. The van der Waals surface area contributed by atoms with Crippen molar-refractivity contribution < 1.29 is 10.2 Å². The second kappa shape index (κ2) is 16.3. The lowest BCUT2D eigenvalue weighted by Crippen LogP contribution is -1.83. The smallest absolute Gasteiger partial charge is 0.0614 e. The minimum Gasteiger partial charge on any atom is -0.396 e. The summed E-state index contributed by atoms with van der Waals surface area (Å²) in [6, 6.07) is 0. The van der Waals surface area contributed by atoms with Gasteiger partial charge in [-0.3, -0.25) is 0 Å². The first kappa shape index (κ1) is 23.2. The minimum absolute atomic E-state index is 0.167. The Kier molecular flexibility index (Phi) is 17.1. The van der Waals surface area contributed by atoms with Gasteiger partial charge in [0.25, 0.3) is 0 Å². The average Bonchev–Trinajstić information content (AvgIpc) is 2.39. The lowest BCUT2D eigenvalue weighted by molar-refractivity contribution is 0.299. The molecule has 0 rings (SSSR count). The van der Waals surface area contributed by atoms with Crippen molar-refractivity contribution in [3.63, 3.8) is 0 Å². The van der Waals surface area contributed by atoms with Crippen molar-refractivity contribution in [2.75, 3.05) is 13.2 Å². The van der Waals surface area contributed by atoms with Crippen LogP contribution in [-0.2, 0) is 0 Å². The Morgan fingerprint density at radius 3 is 1.68 bits per heavy atom. The molecule has 0 atom stereocenters. The van der Waals surface area contributed by atoms with Gasteiger partial charge in [-0.1, -0.05) is 46.6 Å². The fourth-order valence-electron chi connectivity index (χ4n) is 1.62. The maximum Gasteiger partial charge on any atom is 0.0614 e. The van der Waals surface area contributed by atoms with E-state index in [9.17, 15) is 0 Å². The van der Waals surface area contributed by atoms with Crippen LogP contribution < -0.4 is 0 Å². The largest absolute Gasteiger partial charge is 0.396 e. The van der Waals surface area contributed by atoms with Crippen molar-refractivity contribution in [1.82, 2.24) is 0 Å². The molecule has 0 aromatic heterocycles. The van der Waals surface area contributed by atoms with Crippen molar-refractivity contribution in [3.8, 4) is 0 Å². The maximum absolute atomic E-state index is 8.59. The van der Waals surface area contributed by atoms with Gasteiger partial charge in [0.1, 0.15) is 0 Å². The Balaban J connectivity index is 0. The molecule has 2 heteroatoms. The summed E-state index contributed by atoms with van der Waals surface area (Å²) in [6.45, 7) is 12.9. The van der Waals surface area contributed by atoms with E-state index in [0.29, 0.717) is 0 Å². The molecule has 0 aromatic rings. The summed E-state index contributed by atoms with van der Waals surface area (Å²) in [5.74, 6) is 0. The zero-order valence-electron chi connectivity index (χ0n) is 15.4. The highest BCUT2D eigenvalue weighted by atomic mass is 16.3. The molecule has 0 radical (unpaired) electrons. The molecule has 22 heavy (non-hydrogen) atoms. The van der Waals surface area contributed by atoms with Crippen molar-refractivity contribution in [1.29, 1.82) is 0 Å². The summed E-state index contributed by atoms with van der Waals surface area (Å²) >= 11 is 0. The van der Waals surface area contributed by atoms with E-state index in [-0.39, 0.29) is 13.2 Å². The van der Waals surface area contributed by atoms with Crippen molar-refractivity contribution in [3.05, 3.63) is 46.6 Å². The first-order valence-corrected chi connectivity index (χ1v) is 8.13. The summed E-state index contributed by atoms with van der Waals surface area (Å²) in [4.78, 5) is 0. The van der Waals surface area contributed by atoms with Crippen LogP contribution in [0.25, 0.3) is 0 Å². The molecular weight excluding hydrogens is 272 g/mol. The highest BCUT2D eigenvalue weighted by Crippen LogP contribution is 2.05. The fraction of sp³-hybridized carbons (Fsp3) is 0.600. The zero-order valence-corrected chi connectivity index (χ0v) is 15.4.